The molecular weight excluding hydrogens is 464 g/mol. The van der Waals surface area contributed by atoms with Crippen molar-refractivity contribution < 1.29 is 29.1 Å². The number of esters is 1. The SMILES string of the molecule is O=C(NC(Cc1ccc([N+](=O)[O-])cc1)C(=O)Oc1ccc([N+](=O)[O-])cc1)c1ccc([N+](=O)[O-])cc1. The summed E-state index contributed by atoms with van der Waals surface area (Å²) in [6.07, 6.45) is -0.0947. The van der Waals surface area contributed by atoms with Crippen molar-refractivity contribution in [2.24, 2.45) is 0 Å². The van der Waals surface area contributed by atoms with Crippen molar-refractivity contribution in [2.45, 2.75) is 12.5 Å². The summed E-state index contributed by atoms with van der Waals surface area (Å²) < 4.78 is 5.26. The van der Waals surface area contributed by atoms with Crippen LogP contribution in [0.15, 0.2) is 72.8 Å². The van der Waals surface area contributed by atoms with Crippen LogP contribution < -0.4 is 10.1 Å². The van der Waals surface area contributed by atoms with Gasteiger partial charge in [-0.15, -0.1) is 0 Å². The van der Waals surface area contributed by atoms with Crippen LogP contribution in [0.25, 0.3) is 0 Å². The molecule has 0 fully saturated rings. The highest BCUT2D eigenvalue weighted by atomic mass is 16.6. The van der Waals surface area contributed by atoms with E-state index in [4.69, 9.17) is 4.74 Å². The number of nitrogens with one attached hydrogen (secondary N) is 1. The van der Waals surface area contributed by atoms with Crippen molar-refractivity contribution >= 4 is 28.9 Å². The van der Waals surface area contributed by atoms with E-state index >= 15 is 0 Å². The maximum Gasteiger partial charge on any atom is 0.334 e. The minimum absolute atomic E-state index is 0.00103. The van der Waals surface area contributed by atoms with E-state index < -0.39 is 32.7 Å². The van der Waals surface area contributed by atoms with Crippen LogP contribution in [0.5, 0.6) is 5.75 Å². The van der Waals surface area contributed by atoms with Crippen LogP contribution in [-0.4, -0.2) is 32.7 Å². The van der Waals surface area contributed by atoms with Crippen molar-refractivity contribution in [3.8, 4) is 5.75 Å². The lowest BCUT2D eigenvalue weighted by Crippen LogP contribution is -2.44. The van der Waals surface area contributed by atoms with Crippen LogP contribution in [0.2, 0.25) is 0 Å². The predicted molar refractivity (Wildman–Crippen MR) is 120 cm³/mol. The summed E-state index contributed by atoms with van der Waals surface area (Å²) in [5.74, 6) is -1.61. The number of hydrogen-bond donors (Lipinski definition) is 1. The number of carbonyl (C=O) groups is 2. The molecule has 178 valence electrons. The van der Waals surface area contributed by atoms with Crippen molar-refractivity contribution in [3.05, 3.63) is 114 Å². The smallest absolute Gasteiger partial charge is 0.334 e. The lowest BCUT2D eigenvalue weighted by molar-refractivity contribution is -0.385. The second-order valence-corrected chi connectivity index (χ2v) is 7.13. The molecule has 0 aliphatic rings. The van der Waals surface area contributed by atoms with Crippen LogP contribution >= 0.6 is 0 Å². The molecule has 0 spiro atoms. The molecule has 0 heterocycles. The van der Waals surface area contributed by atoms with E-state index in [0.29, 0.717) is 5.56 Å². The molecule has 0 aliphatic carbocycles. The predicted octanol–water partition coefficient (Wildman–Crippen LogP) is 3.36. The zero-order chi connectivity index (χ0) is 25.5. The number of non-ortho nitro benzene ring substituents is 3. The van der Waals surface area contributed by atoms with E-state index in [2.05, 4.69) is 5.32 Å². The van der Waals surface area contributed by atoms with E-state index in [0.717, 1.165) is 24.3 Å². The Morgan fingerprint density at radius 2 is 1.14 bits per heavy atom. The fourth-order valence-corrected chi connectivity index (χ4v) is 2.98. The first-order valence-corrected chi connectivity index (χ1v) is 9.89. The molecule has 0 saturated heterocycles. The fourth-order valence-electron chi connectivity index (χ4n) is 2.98. The number of rotatable bonds is 9. The maximum atomic E-state index is 12.9. The number of hydrogen-bond acceptors (Lipinski definition) is 9. The van der Waals surface area contributed by atoms with Gasteiger partial charge in [-0.1, -0.05) is 12.1 Å². The van der Waals surface area contributed by atoms with Crippen molar-refractivity contribution in [2.75, 3.05) is 0 Å². The first-order chi connectivity index (χ1) is 16.6. The molecule has 1 N–H and O–H groups in total. The Labute approximate surface area is 196 Å². The highest BCUT2D eigenvalue weighted by Crippen LogP contribution is 2.19. The molecule has 3 rings (SSSR count). The Bertz CT molecular complexity index is 1270. The number of benzene rings is 3. The van der Waals surface area contributed by atoms with Crippen molar-refractivity contribution in [1.29, 1.82) is 0 Å². The van der Waals surface area contributed by atoms with Gasteiger partial charge in [0, 0.05) is 48.4 Å². The molecule has 0 bridgehead atoms. The second kappa shape index (κ2) is 10.6. The number of nitrogens with zero attached hydrogens (tertiary/aromatic N) is 3. The van der Waals surface area contributed by atoms with Crippen LogP contribution in [-0.2, 0) is 11.2 Å². The summed E-state index contributed by atoms with van der Waals surface area (Å²) in [5, 5.41) is 35.0. The standard InChI is InChI=1S/C22H16N4O9/c27-21(15-3-7-17(8-4-15)25(31)32)23-20(13-14-1-5-16(6-2-14)24(29)30)22(28)35-19-11-9-18(10-12-19)26(33)34/h1-12,20H,13H2,(H,23,27). The van der Waals surface area contributed by atoms with Crippen molar-refractivity contribution in [1.82, 2.24) is 5.32 Å². The van der Waals surface area contributed by atoms with Gasteiger partial charge in [0.15, 0.2) is 0 Å². The van der Waals surface area contributed by atoms with Crippen LogP contribution in [0.3, 0.4) is 0 Å². The Hall–Kier alpha value is -5.20. The summed E-state index contributed by atoms with van der Waals surface area (Å²) in [6.45, 7) is 0. The number of ether oxygens (including phenoxy) is 1. The molecule has 1 unspecified atom stereocenters. The molecule has 1 atom stereocenters. The third-order valence-corrected chi connectivity index (χ3v) is 4.78. The molecule has 0 aromatic heterocycles. The Balaban J connectivity index is 1.81. The first kappa shape index (κ1) is 24.4. The van der Waals surface area contributed by atoms with E-state index in [9.17, 15) is 39.9 Å². The number of nitro groups is 3. The van der Waals surface area contributed by atoms with E-state index in [1.807, 2.05) is 0 Å². The molecule has 0 aliphatic heterocycles. The topological polar surface area (TPSA) is 185 Å². The monoisotopic (exact) mass is 480 g/mol. The zero-order valence-electron chi connectivity index (χ0n) is 17.7. The Morgan fingerprint density at radius 1 is 0.714 bits per heavy atom. The largest absolute Gasteiger partial charge is 0.425 e. The van der Waals surface area contributed by atoms with Crippen LogP contribution in [0, 0.1) is 30.3 Å². The zero-order valence-corrected chi connectivity index (χ0v) is 17.7. The molecule has 0 saturated carbocycles. The van der Waals surface area contributed by atoms with Crippen molar-refractivity contribution in [3.63, 3.8) is 0 Å². The average Bonchev–Trinajstić information content (AvgIpc) is 2.84. The minimum Gasteiger partial charge on any atom is -0.425 e. The molecule has 3 aromatic rings. The molecule has 13 heteroatoms. The second-order valence-electron chi connectivity index (χ2n) is 7.13. The van der Waals surface area contributed by atoms with Crippen LogP contribution in [0.4, 0.5) is 17.1 Å². The summed E-state index contributed by atoms with van der Waals surface area (Å²) in [6, 6.07) is 13.5. The summed E-state index contributed by atoms with van der Waals surface area (Å²) >= 11 is 0. The fraction of sp³-hybridized carbons (Fsp3) is 0.0909. The molecule has 0 radical (unpaired) electrons. The average molecular weight is 480 g/mol. The lowest BCUT2D eigenvalue weighted by Gasteiger charge is -2.18. The Morgan fingerprint density at radius 3 is 1.60 bits per heavy atom. The first-order valence-electron chi connectivity index (χ1n) is 9.89. The normalized spacial score (nSPS) is 11.2. The van der Waals surface area contributed by atoms with Gasteiger partial charge in [0.2, 0.25) is 0 Å². The van der Waals surface area contributed by atoms with Gasteiger partial charge in [-0.2, -0.15) is 0 Å². The summed E-state index contributed by atoms with van der Waals surface area (Å²) in [7, 11) is 0. The van der Waals surface area contributed by atoms with Gasteiger partial charge in [0.1, 0.15) is 11.8 Å². The van der Waals surface area contributed by atoms with Gasteiger partial charge < -0.3 is 10.1 Å². The molecule has 35 heavy (non-hydrogen) atoms. The highest BCUT2D eigenvalue weighted by Gasteiger charge is 2.25. The number of carbonyl (C=O) groups excluding carboxylic acids is 2. The maximum absolute atomic E-state index is 12.9. The quantitative estimate of drug-likeness (QED) is 0.207. The molecule has 3 aromatic carbocycles. The Kier molecular flexibility index (Phi) is 7.41. The van der Waals surface area contributed by atoms with E-state index in [1.54, 1.807) is 0 Å². The van der Waals surface area contributed by atoms with E-state index in [1.165, 1.54) is 48.5 Å². The van der Waals surface area contributed by atoms with Gasteiger partial charge >= 0.3 is 5.97 Å². The third-order valence-electron chi connectivity index (χ3n) is 4.78. The van der Waals surface area contributed by atoms with Gasteiger partial charge in [0.05, 0.1) is 14.8 Å². The van der Waals surface area contributed by atoms with Gasteiger partial charge in [-0.05, 0) is 29.8 Å². The van der Waals surface area contributed by atoms with Gasteiger partial charge in [-0.3, -0.25) is 35.1 Å². The lowest BCUT2D eigenvalue weighted by atomic mass is 10.0. The molecule has 1 amide bonds. The number of amides is 1. The molecular formula is C22H16N4O9. The molecule has 13 nitrogen and oxygen atoms in total. The minimum atomic E-state index is -1.26. The highest BCUT2D eigenvalue weighted by molar-refractivity contribution is 5.97. The van der Waals surface area contributed by atoms with Gasteiger partial charge in [-0.25, -0.2) is 4.79 Å². The summed E-state index contributed by atoms with van der Waals surface area (Å²) in [5.41, 5.74) is -0.0633. The summed E-state index contributed by atoms with van der Waals surface area (Å²) in [4.78, 5) is 56.2. The third kappa shape index (κ3) is 6.41. The van der Waals surface area contributed by atoms with E-state index in [-0.39, 0.29) is 34.8 Å². The van der Waals surface area contributed by atoms with Crippen LogP contribution in [0.1, 0.15) is 15.9 Å². The number of nitro benzene ring substituents is 3. The van der Waals surface area contributed by atoms with Gasteiger partial charge in [0.25, 0.3) is 23.0 Å².